The van der Waals surface area contributed by atoms with Crippen LogP contribution >= 0.6 is 0 Å². The maximum atomic E-state index is 12.2. The van der Waals surface area contributed by atoms with E-state index >= 15 is 0 Å². The number of amides is 1. The average Bonchev–Trinajstić information content (AvgIpc) is 2.48. The summed E-state index contributed by atoms with van der Waals surface area (Å²) in [6.07, 6.45) is 3.07. The summed E-state index contributed by atoms with van der Waals surface area (Å²) < 4.78 is 0. The third-order valence-corrected chi connectivity index (χ3v) is 3.21. The number of anilines is 2. The van der Waals surface area contributed by atoms with Crippen molar-refractivity contribution in [2.75, 3.05) is 17.2 Å². The zero-order valence-electron chi connectivity index (χ0n) is 13.5. The maximum absolute atomic E-state index is 12.2. The Morgan fingerprint density at radius 2 is 1.95 bits per heavy atom. The fourth-order valence-corrected chi connectivity index (χ4v) is 1.99. The van der Waals surface area contributed by atoms with Gasteiger partial charge in [-0.3, -0.25) is 4.79 Å². The molecule has 0 aliphatic carbocycles. The minimum absolute atomic E-state index is 0.255. The second-order valence-corrected chi connectivity index (χ2v) is 5.83. The Kier molecular flexibility index (Phi) is 5.09. The fourth-order valence-electron chi connectivity index (χ4n) is 1.99. The molecule has 0 atom stereocenters. The molecule has 1 aromatic heterocycles. The highest BCUT2D eigenvalue weighted by Gasteiger charge is 2.10. The van der Waals surface area contributed by atoms with Gasteiger partial charge in [0, 0.05) is 12.2 Å². The maximum Gasteiger partial charge on any atom is 0.275 e. The third-order valence-electron chi connectivity index (χ3n) is 3.21. The van der Waals surface area contributed by atoms with Gasteiger partial charge < -0.3 is 10.6 Å². The number of nitrogens with one attached hydrogen (secondary N) is 2. The van der Waals surface area contributed by atoms with Crippen molar-refractivity contribution in [2.24, 2.45) is 5.92 Å². The van der Waals surface area contributed by atoms with E-state index in [1.54, 1.807) is 6.20 Å². The lowest BCUT2D eigenvalue weighted by atomic mass is 10.1. The van der Waals surface area contributed by atoms with Crippen LogP contribution in [0.3, 0.4) is 0 Å². The van der Waals surface area contributed by atoms with Crippen LogP contribution in [0.5, 0.6) is 0 Å². The van der Waals surface area contributed by atoms with Gasteiger partial charge in [0.1, 0.15) is 11.5 Å². The standard InChI is InChI=1S/C17H22N4O/c1-11(2)8-19-16-10-18-15(9-20-16)17(22)21-14-6-5-12(3)7-13(14)4/h5-7,9-11H,8H2,1-4H3,(H,19,20)(H,21,22). The molecule has 1 amide bonds. The van der Waals surface area contributed by atoms with Gasteiger partial charge in [-0.05, 0) is 31.4 Å². The van der Waals surface area contributed by atoms with E-state index in [2.05, 4.69) is 34.4 Å². The Bertz CT molecular complexity index is 650. The molecule has 0 saturated heterocycles. The number of hydrogen-bond acceptors (Lipinski definition) is 4. The molecule has 0 aliphatic rings. The molecule has 1 heterocycles. The predicted molar refractivity (Wildman–Crippen MR) is 89.2 cm³/mol. The number of carbonyl (C=O) groups is 1. The molecule has 5 nitrogen and oxygen atoms in total. The van der Waals surface area contributed by atoms with E-state index in [1.165, 1.54) is 6.20 Å². The van der Waals surface area contributed by atoms with Crippen molar-refractivity contribution in [3.63, 3.8) is 0 Å². The molecule has 0 saturated carbocycles. The lowest BCUT2D eigenvalue weighted by molar-refractivity contribution is 0.102. The first-order valence-electron chi connectivity index (χ1n) is 7.40. The first kappa shape index (κ1) is 15.9. The number of hydrogen-bond donors (Lipinski definition) is 2. The number of rotatable bonds is 5. The molecule has 0 radical (unpaired) electrons. The van der Waals surface area contributed by atoms with Crippen molar-refractivity contribution in [1.82, 2.24) is 9.97 Å². The summed E-state index contributed by atoms with van der Waals surface area (Å²) >= 11 is 0. The molecule has 2 aromatic rings. The molecule has 22 heavy (non-hydrogen) atoms. The summed E-state index contributed by atoms with van der Waals surface area (Å²) in [5, 5.41) is 6.03. The van der Waals surface area contributed by atoms with E-state index in [0.29, 0.717) is 17.4 Å². The van der Waals surface area contributed by atoms with E-state index in [9.17, 15) is 4.79 Å². The van der Waals surface area contributed by atoms with Crippen LogP contribution in [0.1, 0.15) is 35.5 Å². The minimum atomic E-state index is -0.255. The second kappa shape index (κ2) is 7.02. The van der Waals surface area contributed by atoms with E-state index in [-0.39, 0.29) is 5.91 Å². The van der Waals surface area contributed by atoms with Gasteiger partial charge in [-0.1, -0.05) is 31.5 Å². The number of nitrogens with zero attached hydrogens (tertiary/aromatic N) is 2. The van der Waals surface area contributed by atoms with E-state index < -0.39 is 0 Å². The monoisotopic (exact) mass is 298 g/mol. The molecule has 0 fully saturated rings. The Balaban J connectivity index is 2.03. The van der Waals surface area contributed by atoms with Gasteiger partial charge in [0.15, 0.2) is 0 Å². The Labute approximate surface area is 131 Å². The van der Waals surface area contributed by atoms with Gasteiger partial charge in [-0.25, -0.2) is 9.97 Å². The zero-order chi connectivity index (χ0) is 16.1. The second-order valence-electron chi connectivity index (χ2n) is 5.83. The number of carbonyl (C=O) groups excluding carboxylic acids is 1. The van der Waals surface area contributed by atoms with Gasteiger partial charge >= 0.3 is 0 Å². The summed E-state index contributed by atoms with van der Waals surface area (Å²) in [6.45, 7) is 9.04. The quantitative estimate of drug-likeness (QED) is 0.887. The molecule has 1 aromatic carbocycles. The van der Waals surface area contributed by atoms with Crippen molar-refractivity contribution >= 4 is 17.4 Å². The molecule has 0 spiro atoms. The lowest BCUT2D eigenvalue weighted by Gasteiger charge is -2.10. The van der Waals surface area contributed by atoms with Crippen LogP contribution in [-0.2, 0) is 0 Å². The van der Waals surface area contributed by atoms with Crippen LogP contribution in [-0.4, -0.2) is 22.4 Å². The van der Waals surface area contributed by atoms with E-state index in [1.807, 2.05) is 32.0 Å². The van der Waals surface area contributed by atoms with Crippen LogP contribution in [0.2, 0.25) is 0 Å². The number of benzene rings is 1. The average molecular weight is 298 g/mol. The third kappa shape index (κ3) is 4.28. The molecule has 2 rings (SSSR count). The summed E-state index contributed by atoms with van der Waals surface area (Å²) in [5.74, 6) is 0.945. The molecular weight excluding hydrogens is 276 g/mol. The van der Waals surface area contributed by atoms with Gasteiger partial charge in [-0.2, -0.15) is 0 Å². The van der Waals surface area contributed by atoms with Crippen molar-refractivity contribution in [2.45, 2.75) is 27.7 Å². The van der Waals surface area contributed by atoms with Crippen molar-refractivity contribution in [3.8, 4) is 0 Å². The number of aromatic nitrogens is 2. The Hall–Kier alpha value is -2.43. The summed E-state index contributed by atoms with van der Waals surface area (Å²) in [4.78, 5) is 20.6. The summed E-state index contributed by atoms with van der Waals surface area (Å²) in [5.41, 5.74) is 3.28. The van der Waals surface area contributed by atoms with Gasteiger partial charge in [-0.15, -0.1) is 0 Å². The molecule has 0 aliphatic heterocycles. The van der Waals surface area contributed by atoms with E-state index in [0.717, 1.165) is 23.4 Å². The smallest absolute Gasteiger partial charge is 0.275 e. The Morgan fingerprint density at radius 1 is 1.18 bits per heavy atom. The topological polar surface area (TPSA) is 66.9 Å². The molecule has 0 unspecified atom stereocenters. The molecule has 5 heteroatoms. The van der Waals surface area contributed by atoms with Crippen molar-refractivity contribution < 1.29 is 4.79 Å². The highest BCUT2D eigenvalue weighted by molar-refractivity contribution is 6.03. The van der Waals surface area contributed by atoms with E-state index in [4.69, 9.17) is 0 Å². The van der Waals surface area contributed by atoms with Crippen LogP contribution in [0.15, 0.2) is 30.6 Å². The molecule has 116 valence electrons. The van der Waals surface area contributed by atoms with Crippen molar-refractivity contribution in [1.29, 1.82) is 0 Å². The lowest BCUT2D eigenvalue weighted by Crippen LogP contribution is -2.16. The van der Waals surface area contributed by atoms with Crippen LogP contribution in [0, 0.1) is 19.8 Å². The largest absolute Gasteiger partial charge is 0.369 e. The number of aryl methyl sites for hydroxylation is 2. The first-order valence-corrected chi connectivity index (χ1v) is 7.40. The normalized spacial score (nSPS) is 10.6. The molecule has 0 bridgehead atoms. The minimum Gasteiger partial charge on any atom is -0.369 e. The van der Waals surface area contributed by atoms with Gasteiger partial charge in [0.05, 0.1) is 12.4 Å². The summed E-state index contributed by atoms with van der Waals surface area (Å²) in [6, 6.07) is 5.89. The SMILES string of the molecule is Cc1ccc(NC(=O)c2cnc(NCC(C)C)cn2)c(C)c1. The van der Waals surface area contributed by atoms with Crippen LogP contribution < -0.4 is 10.6 Å². The first-order chi connectivity index (χ1) is 10.5. The van der Waals surface area contributed by atoms with Gasteiger partial charge in [0.2, 0.25) is 0 Å². The predicted octanol–water partition coefficient (Wildman–Crippen LogP) is 3.41. The molecule has 2 N–H and O–H groups in total. The zero-order valence-corrected chi connectivity index (χ0v) is 13.5. The Morgan fingerprint density at radius 3 is 2.55 bits per heavy atom. The van der Waals surface area contributed by atoms with Gasteiger partial charge in [0.25, 0.3) is 5.91 Å². The fraction of sp³-hybridized carbons (Fsp3) is 0.353. The summed E-state index contributed by atoms with van der Waals surface area (Å²) in [7, 11) is 0. The van der Waals surface area contributed by atoms with Crippen LogP contribution in [0.25, 0.3) is 0 Å². The van der Waals surface area contributed by atoms with Crippen molar-refractivity contribution in [3.05, 3.63) is 47.4 Å². The highest BCUT2D eigenvalue weighted by Crippen LogP contribution is 2.16. The molecular formula is C17H22N4O. The van der Waals surface area contributed by atoms with Crippen LogP contribution in [0.4, 0.5) is 11.5 Å². The highest BCUT2D eigenvalue weighted by atomic mass is 16.1.